The number of esters is 1. The van der Waals surface area contributed by atoms with E-state index in [4.69, 9.17) is 9.47 Å². The second kappa shape index (κ2) is 8.49. The minimum absolute atomic E-state index is 0.0262. The molecule has 0 radical (unpaired) electrons. The van der Waals surface area contributed by atoms with Gasteiger partial charge in [-0.15, -0.1) is 0 Å². The summed E-state index contributed by atoms with van der Waals surface area (Å²) in [4.78, 5) is 29.1. The fraction of sp³-hybridized carbons (Fsp3) is 0.526. The van der Waals surface area contributed by atoms with Gasteiger partial charge in [0.1, 0.15) is 12.3 Å². The normalized spacial score (nSPS) is 16.0. The van der Waals surface area contributed by atoms with Crippen LogP contribution in [0.25, 0.3) is 10.2 Å². The lowest BCUT2D eigenvalue weighted by Gasteiger charge is -2.19. The number of hydrogen-bond acceptors (Lipinski definition) is 5. The SMILES string of the molecule is COC(=O)Cn1c(=NC(=O)CC2CCCCC2)sc2cc(OC)ccc21. The predicted octanol–water partition coefficient (Wildman–Crippen LogP) is 3.28. The number of benzene rings is 1. The Morgan fingerprint density at radius 2 is 2.00 bits per heavy atom. The first-order valence-corrected chi connectivity index (χ1v) is 9.74. The number of carbonyl (C=O) groups is 2. The first-order chi connectivity index (χ1) is 12.6. The van der Waals surface area contributed by atoms with E-state index in [0.717, 1.165) is 28.8 Å². The van der Waals surface area contributed by atoms with Crippen molar-refractivity contribution in [3.8, 4) is 5.75 Å². The van der Waals surface area contributed by atoms with Crippen molar-refractivity contribution < 1.29 is 19.1 Å². The van der Waals surface area contributed by atoms with Gasteiger partial charge in [-0.3, -0.25) is 9.59 Å². The Morgan fingerprint density at radius 3 is 2.69 bits per heavy atom. The van der Waals surface area contributed by atoms with Crippen molar-refractivity contribution in [2.45, 2.75) is 45.1 Å². The van der Waals surface area contributed by atoms with Crippen LogP contribution in [-0.4, -0.2) is 30.7 Å². The maximum Gasteiger partial charge on any atom is 0.325 e. The van der Waals surface area contributed by atoms with E-state index < -0.39 is 0 Å². The molecule has 0 N–H and O–H groups in total. The van der Waals surface area contributed by atoms with Crippen molar-refractivity contribution in [1.29, 1.82) is 0 Å². The van der Waals surface area contributed by atoms with Gasteiger partial charge in [0.2, 0.25) is 5.91 Å². The third-order valence-electron chi connectivity index (χ3n) is 4.81. The van der Waals surface area contributed by atoms with Crippen LogP contribution in [0.2, 0.25) is 0 Å². The summed E-state index contributed by atoms with van der Waals surface area (Å²) in [5, 5.41) is 0. The zero-order valence-corrected chi connectivity index (χ0v) is 16.0. The molecule has 26 heavy (non-hydrogen) atoms. The van der Waals surface area contributed by atoms with Gasteiger partial charge in [0.15, 0.2) is 4.80 Å². The van der Waals surface area contributed by atoms with E-state index in [0.29, 0.717) is 17.1 Å². The molecular formula is C19H24N2O4S. The molecule has 1 saturated carbocycles. The first-order valence-electron chi connectivity index (χ1n) is 8.92. The molecule has 1 aromatic heterocycles. The van der Waals surface area contributed by atoms with E-state index in [9.17, 15) is 9.59 Å². The molecule has 7 heteroatoms. The van der Waals surface area contributed by atoms with E-state index in [2.05, 4.69) is 4.99 Å². The number of amides is 1. The third kappa shape index (κ3) is 4.33. The van der Waals surface area contributed by atoms with Crippen molar-refractivity contribution in [3.05, 3.63) is 23.0 Å². The lowest BCUT2D eigenvalue weighted by atomic mass is 9.87. The molecule has 0 unspecified atom stereocenters. The monoisotopic (exact) mass is 376 g/mol. The highest BCUT2D eigenvalue weighted by molar-refractivity contribution is 7.16. The molecule has 1 heterocycles. The van der Waals surface area contributed by atoms with Crippen LogP contribution < -0.4 is 9.54 Å². The topological polar surface area (TPSA) is 69.9 Å². The van der Waals surface area contributed by atoms with Gasteiger partial charge < -0.3 is 14.0 Å². The minimum Gasteiger partial charge on any atom is -0.497 e. The lowest BCUT2D eigenvalue weighted by Crippen LogP contribution is -2.23. The highest BCUT2D eigenvalue weighted by Crippen LogP contribution is 2.27. The van der Waals surface area contributed by atoms with Crippen LogP contribution in [0.1, 0.15) is 38.5 Å². The summed E-state index contributed by atoms with van der Waals surface area (Å²) >= 11 is 1.38. The number of fused-ring (bicyclic) bond motifs is 1. The highest BCUT2D eigenvalue weighted by Gasteiger charge is 2.18. The molecule has 6 nitrogen and oxygen atoms in total. The average molecular weight is 376 g/mol. The molecule has 2 aromatic rings. The number of rotatable bonds is 5. The third-order valence-corrected chi connectivity index (χ3v) is 5.85. The van der Waals surface area contributed by atoms with E-state index in [1.54, 1.807) is 11.7 Å². The summed E-state index contributed by atoms with van der Waals surface area (Å²) in [5.41, 5.74) is 0.838. The maximum atomic E-state index is 12.5. The number of methoxy groups -OCH3 is 2. The largest absolute Gasteiger partial charge is 0.497 e. The molecule has 1 aliphatic carbocycles. The molecule has 0 spiro atoms. The number of aromatic nitrogens is 1. The number of nitrogens with zero attached hydrogens (tertiary/aromatic N) is 2. The molecule has 1 fully saturated rings. The quantitative estimate of drug-likeness (QED) is 0.751. The van der Waals surface area contributed by atoms with E-state index in [1.807, 2.05) is 18.2 Å². The van der Waals surface area contributed by atoms with Crippen LogP contribution in [-0.2, 0) is 20.9 Å². The van der Waals surface area contributed by atoms with Crippen molar-refractivity contribution >= 4 is 33.4 Å². The van der Waals surface area contributed by atoms with Crippen LogP contribution >= 0.6 is 11.3 Å². The van der Waals surface area contributed by atoms with Crippen molar-refractivity contribution in [2.75, 3.05) is 14.2 Å². The highest BCUT2D eigenvalue weighted by atomic mass is 32.1. The first kappa shape index (κ1) is 18.6. The predicted molar refractivity (Wildman–Crippen MR) is 100 cm³/mol. The molecule has 3 rings (SSSR count). The van der Waals surface area contributed by atoms with E-state index in [1.165, 1.54) is 37.7 Å². The molecule has 0 bridgehead atoms. The molecule has 140 valence electrons. The second-order valence-corrected chi connectivity index (χ2v) is 7.60. The van der Waals surface area contributed by atoms with Crippen LogP contribution in [0.5, 0.6) is 5.75 Å². The zero-order chi connectivity index (χ0) is 18.5. The number of thiazole rings is 1. The summed E-state index contributed by atoms with van der Waals surface area (Å²) in [7, 11) is 2.96. The van der Waals surface area contributed by atoms with Gasteiger partial charge in [0, 0.05) is 6.42 Å². The Hall–Kier alpha value is -2.15. The lowest BCUT2D eigenvalue weighted by molar-refractivity contribution is -0.141. The standard InChI is InChI=1S/C19H24N2O4S/c1-24-14-8-9-15-16(11-14)26-19(21(15)12-18(23)25-2)20-17(22)10-13-6-4-3-5-7-13/h8-9,11,13H,3-7,10,12H2,1-2H3. The van der Waals surface area contributed by atoms with Crippen LogP contribution in [0, 0.1) is 5.92 Å². The summed E-state index contributed by atoms with van der Waals surface area (Å²) in [6.45, 7) is 0.0262. The van der Waals surface area contributed by atoms with E-state index >= 15 is 0 Å². The number of ether oxygens (including phenoxy) is 2. The molecule has 0 aliphatic heterocycles. The van der Waals surface area contributed by atoms with E-state index in [-0.39, 0.29) is 18.4 Å². The van der Waals surface area contributed by atoms with Gasteiger partial charge >= 0.3 is 5.97 Å². The Bertz CT molecular complexity index is 862. The fourth-order valence-electron chi connectivity index (χ4n) is 3.40. The molecule has 1 aliphatic rings. The zero-order valence-electron chi connectivity index (χ0n) is 15.2. The Kier molecular flexibility index (Phi) is 6.08. The smallest absolute Gasteiger partial charge is 0.325 e. The van der Waals surface area contributed by atoms with Gasteiger partial charge in [0.05, 0.1) is 24.4 Å². The van der Waals surface area contributed by atoms with Crippen molar-refractivity contribution in [3.63, 3.8) is 0 Å². The summed E-state index contributed by atoms with van der Waals surface area (Å²) in [6.07, 6.45) is 6.35. The number of carbonyl (C=O) groups excluding carboxylic acids is 2. The van der Waals surface area contributed by atoms with Gasteiger partial charge in [0.25, 0.3) is 0 Å². The van der Waals surface area contributed by atoms with Crippen molar-refractivity contribution in [1.82, 2.24) is 4.57 Å². The second-order valence-electron chi connectivity index (χ2n) is 6.59. The molecule has 0 atom stereocenters. The summed E-state index contributed by atoms with van der Waals surface area (Å²) in [5.74, 6) is 0.670. The Labute approximate surface area is 156 Å². The number of hydrogen-bond donors (Lipinski definition) is 0. The fourth-order valence-corrected chi connectivity index (χ4v) is 4.48. The minimum atomic E-state index is -0.373. The van der Waals surface area contributed by atoms with Crippen molar-refractivity contribution in [2.24, 2.45) is 10.9 Å². The van der Waals surface area contributed by atoms with Crippen LogP contribution in [0.15, 0.2) is 23.2 Å². The summed E-state index contributed by atoms with van der Waals surface area (Å²) in [6, 6.07) is 5.59. The van der Waals surface area contributed by atoms with Gasteiger partial charge in [-0.2, -0.15) is 4.99 Å². The van der Waals surface area contributed by atoms with Crippen LogP contribution in [0.4, 0.5) is 0 Å². The average Bonchev–Trinajstić information content (AvgIpc) is 2.98. The molecule has 1 aromatic carbocycles. The Balaban J connectivity index is 1.94. The molecule has 0 saturated heterocycles. The van der Waals surface area contributed by atoms with Gasteiger partial charge in [-0.1, -0.05) is 30.6 Å². The summed E-state index contributed by atoms with van der Waals surface area (Å²) < 4.78 is 12.7. The van der Waals surface area contributed by atoms with Crippen LogP contribution in [0.3, 0.4) is 0 Å². The molecular weight excluding hydrogens is 352 g/mol. The molecule has 1 amide bonds. The van der Waals surface area contributed by atoms with Gasteiger partial charge in [-0.05, 0) is 37.0 Å². The Morgan fingerprint density at radius 1 is 1.23 bits per heavy atom. The van der Waals surface area contributed by atoms with Gasteiger partial charge in [-0.25, -0.2) is 0 Å². The maximum absolute atomic E-state index is 12.5.